The highest BCUT2D eigenvalue weighted by Gasteiger charge is 2.36. The van der Waals surface area contributed by atoms with E-state index in [0.717, 1.165) is 11.0 Å². The number of nitro benzene ring substituents is 1. The zero-order chi connectivity index (χ0) is 27.6. The zero-order valence-corrected chi connectivity index (χ0v) is 20.1. The van der Waals surface area contributed by atoms with E-state index in [1.807, 2.05) is 0 Å². The average Bonchev–Trinajstić information content (AvgIpc) is 3.12. The fourth-order valence-electron chi connectivity index (χ4n) is 3.48. The molecule has 0 bridgehead atoms. The number of thioether (sulfide) groups is 1. The number of hydrogen-bond donors (Lipinski definition) is 0. The van der Waals surface area contributed by atoms with Gasteiger partial charge in [0.05, 0.1) is 29.0 Å². The summed E-state index contributed by atoms with van der Waals surface area (Å²) >= 11 is 0.668. The molecule has 0 spiro atoms. The maximum atomic E-state index is 14.0. The summed E-state index contributed by atoms with van der Waals surface area (Å²) in [6.45, 7) is -0.239. The van der Waals surface area contributed by atoms with Crippen LogP contribution in [-0.2, 0) is 17.5 Å². The van der Waals surface area contributed by atoms with Gasteiger partial charge in [0.1, 0.15) is 5.82 Å². The minimum Gasteiger partial charge on any atom is -0.493 e. The van der Waals surface area contributed by atoms with Crippen molar-refractivity contribution in [3.8, 4) is 17.2 Å². The summed E-state index contributed by atoms with van der Waals surface area (Å²) in [5.41, 5.74) is -1.53. The number of imide groups is 1. The highest BCUT2D eigenvalue weighted by atomic mass is 32.2. The van der Waals surface area contributed by atoms with Crippen molar-refractivity contribution in [2.75, 3.05) is 7.11 Å². The fourth-order valence-corrected chi connectivity index (χ4v) is 4.32. The molecule has 1 heterocycles. The molecule has 0 radical (unpaired) electrons. The summed E-state index contributed by atoms with van der Waals surface area (Å²) in [5.74, 6) is -1.60. The molecule has 8 nitrogen and oxygen atoms in total. The van der Waals surface area contributed by atoms with Crippen LogP contribution in [-0.4, -0.2) is 28.1 Å². The summed E-state index contributed by atoms with van der Waals surface area (Å²) in [7, 11) is 1.27. The van der Waals surface area contributed by atoms with E-state index in [-0.39, 0.29) is 28.5 Å². The van der Waals surface area contributed by atoms with Gasteiger partial charge >= 0.3 is 11.9 Å². The molecular weight excluding hydrogens is 532 g/mol. The number of carbonyl (C=O) groups is 2. The molecule has 1 aliphatic rings. The third-order valence-electron chi connectivity index (χ3n) is 5.35. The highest BCUT2D eigenvalue weighted by Crippen LogP contribution is 2.41. The predicted molar refractivity (Wildman–Crippen MR) is 129 cm³/mol. The Morgan fingerprint density at radius 2 is 1.74 bits per heavy atom. The van der Waals surface area contributed by atoms with E-state index in [2.05, 4.69) is 0 Å². The van der Waals surface area contributed by atoms with Crippen LogP contribution in [0.4, 0.5) is 28.0 Å². The molecule has 0 unspecified atom stereocenters. The zero-order valence-electron chi connectivity index (χ0n) is 19.3. The topological polar surface area (TPSA) is 99.0 Å². The van der Waals surface area contributed by atoms with Crippen LogP contribution in [0.2, 0.25) is 0 Å². The van der Waals surface area contributed by atoms with Crippen LogP contribution < -0.4 is 9.47 Å². The number of amides is 2. The summed E-state index contributed by atoms with van der Waals surface area (Å²) in [4.78, 5) is 36.5. The van der Waals surface area contributed by atoms with Gasteiger partial charge < -0.3 is 9.47 Å². The lowest BCUT2D eigenvalue weighted by molar-refractivity contribution is -0.385. The van der Waals surface area contributed by atoms with Gasteiger partial charge in [-0.1, -0.05) is 24.3 Å². The smallest absolute Gasteiger partial charge is 0.416 e. The first-order valence-corrected chi connectivity index (χ1v) is 11.5. The van der Waals surface area contributed by atoms with E-state index < -0.39 is 45.1 Å². The molecule has 1 fully saturated rings. The molecule has 4 rings (SSSR count). The van der Waals surface area contributed by atoms with Crippen molar-refractivity contribution in [2.45, 2.75) is 12.7 Å². The molecular formula is C25H16F4N2O6S. The summed E-state index contributed by atoms with van der Waals surface area (Å²) in [5, 5.41) is 10.8. The number of hydrogen-bond acceptors (Lipinski definition) is 7. The predicted octanol–water partition coefficient (Wildman–Crippen LogP) is 6.79. The molecule has 3 aromatic carbocycles. The van der Waals surface area contributed by atoms with Crippen molar-refractivity contribution in [3.63, 3.8) is 0 Å². The second kappa shape index (κ2) is 10.5. The van der Waals surface area contributed by atoms with E-state index in [1.165, 1.54) is 49.6 Å². The molecule has 13 heteroatoms. The van der Waals surface area contributed by atoms with Gasteiger partial charge in [-0.3, -0.25) is 24.6 Å². The Hall–Kier alpha value is -4.39. The average molecular weight is 548 g/mol. The van der Waals surface area contributed by atoms with Crippen molar-refractivity contribution in [2.24, 2.45) is 0 Å². The Balaban J connectivity index is 1.58. The van der Waals surface area contributed by atoms with Crippen LogP contribution in [0.5, 0.6) is 17.2 Å². The Morgan fingerprint density at radius 3 is 2.39 bits per heavy atom. The highest BCUT2D eigenvalue weighted by molar-refractivity contribution is 8.18. The van der Waals surface area contributed by atoms with Crippen LogP contribution in [0.1, 0.15) is 16.7 Å². The van der Waals surface area contributed by atoms with Gasteiger partial charge in [0.25, 0.3) is 11.1 Å². The molecule has 0 N–H and O–H groups in total. The molecule has 1 saturated heterocycles. The summed E-state index contributed by atoms with van der Waals surface area (Å²) in [6.07, 6.45) is -3.38. The number of carbonyl (C=O) groups excluding carboxylic acids is 2. The molecule has 1 aliphatic heterocycles. The molecule has 38 heavy (non-hydrogen) atoms. The van der Waals surface area contributed by atoms with Crippen LogP contribution in [0, 0.1) is 15.9 Å². The second-order valence-electron chi connectivity index (χ2n) is 7.81. The van der Waals surface area contributed by atoms with Crippen molar-refractivity contribution in [3.05, 3.63) is 98.2 Å². The first kappa shape index (κ1) is 26.7. The van der Waals surface area contributed by atoms with E-state index in [4.69, 9.17) is 9.47 Å². The number of benzene rings is 3. The normalized spacial score (nSPS) is 14.8. The number of halogens is 4. The molecule has 2 amide bonds. The van der Waals surface area contributed by atoms with Crippen molar-refractivity contribution >= 4 is 34.7 Å². The lowest BCUT2D eigenvalue weighted by Crippen LogP contribution is -2.27. The Kier molecular flexibility index (Phi) is 7.39. The quantitative estimate of drug-likeness (QED) is 0.139. The summed E-state index contributed by atoms with van der Waals surface area (Å²) < 4.78 is 63.6. The lowest BCUT2D eigenvalue weighted by Gasteiger charge is -2.13. The molecule has 3 aromatic rings. The van der Waals surface area contributed by atoms with Crippen LogP contribution in [0.3, 0.4) is 0 Å². The van der Waals surface area contributed by atoms with Crippen molar-refractivity contribution in [1.29, 1.82) is 0 Å². The SMILES string of the molecule is COc1cc(/C=C2\SC(=O)N(Cc3ccccc3F)C2=O)ccc1Oc1ccc(C(F)(F)F)cc1[N+](=O)[O-]. The van der Waals surface area contributed by atoms with Gasteiger partial charge in [0.15, 0.2) is 11.5 Å². The number of methoxy groups -OCH3 is 1. The largest absolute Gasteiger partial charge is 0.493 e. The molecule has 0 saturated carbocycles. The van der Waals surface area contributed by atoms with Gasteiger partial charge in [0.2, 0.25) is 5.75 Å². The first-order chi connectivity index (χ1) is 18.0. The maximum absolute atomic E-state index is 14.0. The number of ether oxygens (including phenoxy) is 2. The molecule has 196 valence electrons. The standard InChI is InChI=1S/C25H16F4N2O6S/c1-36-21-10-14(11-22-23(32)30(24(33)38-22)13-15-4-2-3-5-17(15)26)6-8-20(21)37-19-9-7-16(25(27,28)29)12-18(19)31(34)35/h2-12H,13H2,1H3/b22-11-. The minimum absolute atomic E-state index is 0.0415. The number of rotatable bonds is 7. The molecule has 0 atom stereocenters. The first-order valence-electron chi connectivity index (χ1n) is 10.7. The fraction of sp³-hybridized carbons (Fsp3) is 0.120. The van der Waals surface area contributed by atoms with E-state index in [9.17, 15) is 37.3 Å². The monoisotopic (exact) mass is 548 g/mol. The van der Waals surface area contributed by atoms with E-state index >= 15 is 0 Å². The minimum atomic E-state index is -4.78. The van der Waals surface area contributed by atoms with Crippen LogP contribution >= 0.6 is 11.8 Å². The summed E-state index contributed by atoms with van der Waals surface area (Å²) in [6, 6.07) is 11.8. The van der Waals surface area contributed by atoms with Gasteiger partial charge in [-0.2, -0.15) is 13.2 Å². The van der Waals surface area contributed by atoms with E-state index in [0.29, 0.717) is 29.5 Å². The Labute approximate surface area is 216 Å². The number of nitrogens with zero attached hydrogens (tertiary/aromatic N) is 2. The van der Waals surface area contributed by atoms with Crippen LogP contribution in [0.15, 0.2) is 65.6 Å². The molecule has 0 aliphatic carbocycles. The Morgan fingerprint density at radius 1 is 1.03 bits per heavy atom. The van der Waals surface area contributed by atoms with Gasteiger partial charge in [-0.25, -0.2) is 4.39 Å². The second-order valence-corrected chi connectivity index (χ2v) is 8.80. The molecule has 0 aromatic heterocycles. The third-order valence-corrected chi connectivity index (χ3v) is 6.26. The third kappa shape index (κ3) is 5.62. The number of alkyl halides is 3. The maximum Gasteiger partial charge on any atom is 0.416 e. The number of nitro groups is 1. The van der Waals surface area contributed by atoms with Gasteiger partial charge in [-0.05, 0) is 53.7 Å². The van der Waals surface area contributed by atoms with Crippen LogP contribution in [0.25, 0.3) is 6.08 Å². The van der Waals surface area contributed by atoms with Gasteiger partial charge in [-0.15, -0.1) is 0 Å². The Bertz CT molecular complexity index is 1470. The van der Waals surface area contributed by atoms with Gasteiger partial charge in [0, 0.05) is 11.6 Å². The van der Waals surface area contributed by atoms with Crippen molar-refractivity contribution in [1.82, 2.24) is 4.90 Å². The lowest BCUT2D eigenvalue weighted by atomic mass is 10.1. The van der Waals surface area contributed by atoms with Crippen molar-refractivity contribution < 1.29 is 41.5 Å². The van der Waals surface area contributed by atoms with E-state index in [1.54, 1.807) is 6.07 Å².